The molecule has 2 atom stereocenters. The summed E-state index contributed by atoms with van der Waals surface area (Å²) in [5.41, 5.74) is 0.348. The first-order chi connectivity index (χ1) is 12.5. The quantitative estimate of drug-likeness (QED) is 0.638. The molecule has 152 valence electrons. The van der Waals surface area contributed by atoms with Crippen LogP contribution in [-0.4, -0.2) is 48.9 Å². The molecule has 1 aromatic carbocycles. The van der Waals surface area contributed by atoms with Crippen LogP contribution >= 0.6 is 0 Å². The van der Waals surface area contributed by atoms with E-state index in [0.717, 1.165) is 5.56 Å². The van der Waals surface area contributed by atoms with E-state index >= 15 is 0 Å². The minimum Gasteiger partial charge on any atom is -0.460 e. The van der Waals surface area contributed by atoms with Gasteiger partial charge in [-0.3, -0.25) is 4.79 Å². The molecule has 0 bridgehead atoms. The number of ether oxygens (including phenoxy) is 3. The zero-order chi connectivity index (χ0) is 20.6. The summed E-state index contributed by atoms with van der Waals surface area (Å²) in [6.45, 7) is 9.61. The molecule has 0 aliphatic heterocycles. The smallest absolute Gasteiger partial charge is 0.410 e. The number of esters is 1. The van der Waals surface area contributed by atoms with E-state index in [1.807, 2.05) is 65.0 Å². The van der Waals surface area contributed by atoms with Crippen molar-refractivity contribution in [3.8, 4) is 0 Å². The molecule has 0 aliphatic carbocycles. The van der Waals surface area contributed by atoms with Gasteiger partial charge < -0.3 is 19.1 Å². The van der Waals surface area contributed by atoms with Crippen molar-refractivity contribution < 1.29 is 23.8 Å². The van der Waals surface area contributed by atoms with E-state index in [2.05, 4.69) is 0 Å². The van der Waals surface area contributed by atoms with Crippen molar-refractivity contribution >= 4 is 12.1 Å². The Kier molecular flexibility index (Phi) is 8.76. The highest BCUT2D eigenvalue weighted by molar-refractivity contribution is 5.71. The van der Waals surface area contributed by atoms with Gasteiger partial charge >= 0.3 is 12.1 Å². The number of methoxy groups -OCH3 is 1. The van der Waals surface area contributed by atoms with Gasteiger partial charge in [0, 0.05) is 14.2 Å². The van der Waals surface area contributed by atoms with Crippen molar-refractivity contribution in [3.05, 3.63) is 35.9 Å². The number of hydrogen-bond acceptors (Lipinski definition) is 5. The Balaban J connectivity index is 2.77. The summed E-state index contributed by atoms with van der Waals surface area (Å²) in [6, 6.07) is 9.16. The second kappa shape index (κ2) is 10.3. The highest BCUT2D eigenvalue weighted by Crippen LogP contribution is 2.21. The normalized spacial score (nSPS) is 13.8. The molecule has 0 fully saturated rings. The maximum Gasteiger partial charge on any atom is 0.410 e. The number of hydrogen-bond donors (Lipinski definition) is 0. The first-order valence-corrected chi connectivity index (χ1v) is 9.23. The van der Waals surface area contributed by atoms with Crippen molar-refractivity contribution in [2.24, 2.45) is 5.92 Å². The third kappa shape index (κ3) is 7.99. The van der Waals surface area contributed by atoms with Crippen LogP contribution in [0.5, 0.6) is 0 Å². The minimum absolute atomic E-state index is 0.0617. The van der Waals surface area contributed by atoms with E-state index in [9.17, 15) is 9.59 Å². The topological polar surface area (TPSA) is 65.1 Å². The summed E-state index contributed by atoms with van der Waals surface area (Å²) in [6.07, 6.45) is -0.884. The monoisotopic (exact) mass is 379 g/mol. The number of likely N-dealkylation sites (N-methyl/N-ethyl adjacent to an activating group) is 1. The molecule has 0 spiro atoms. The minimum atomic E-state index is -0.566. The zero-order valence-electron chi connectivity index (χ0n) is 17.5. The molecular weight excluding hydrogens is 346 g/mol. The lowest BCUT2D eigenvalue weighted by atomic mass is 9.95. The molecule has 1 rings (SSSR count). The SMILES string of the molecule is CO[C@H](CC(=O)OC(C)(C)C)[C@H](C(C)C)N(C)C(=O)OCc1ccccc1. The standard InChI is InChI=1S/C21H33NO5/c1-15(2)19(17(25-7)13-18(23)27-21(3,4)5)22(6)20(24)26-14-16-11-9-8-10-12-16/h8-12,15,17,19H,13-14H2,1-7H3/t17-,19+/m1/s1. The number of carbonyl (C=O) groups excluding carboxylic acids is 2. The fraction of sp³-hybridized carbons (Fsp3) is 0.619. The van der Waals surface area contributed by atoms with Crippen LogP contribution in [0.25, 0.3) is 0 Å². The number of carbonyl (C=O) groups is 2. The van der Waals surface area contributed by atoms with Gasteiger partial charge in [-0.2, -0.15) is 0 Å². The van der Waals surface area contributed by atoms with Crippen LogP contribution in [0.2, 0.25) is 0 Å². The molecule has 0 unspecified atom stereocenters. The molecule has 0 aliphatic rings. The van der Waals surface area contributed by atoms with Gasteiger partial charge in [0.05, 0.1) is 18.6 Å². The predicted molar refractivity (Wildman–Crippen MR) is 104 cm³/mol. The molecule has 1 aromatic rings. The highest BCUT2D eigenvalue weighted by Gasteiger charge is 2.34. The fourth-order valence-corrected chi connectivity index (χ4v) is 2.96. The van der Waals surface area contributed by atoms with Crippen LogP contribution in [0.3, 0.4) is 0 Å². The number of benzene rings is 1. The molecule has 0 heterocycles. The van der Waals surface area contributed by atoms with E-state index in [4.69, 9.17) is 14.2 Å². The lowest BCUT2D eigenvalue weighted by Gasteiger charge is -2.36. The van der Waals surface area contributed by atoms with Gasteiger partial charge in [-0.25, -0.2) is 4.79 Å². The van der Waals surface area contributed by atoms with Crippen molar-refractivity contribution in [2.45, 2.75) is 65.4 Å². The van der Waals surface area contributed by atoms with Gasteiger partial charge in [-0.1, -0.05) is 44.2 Å². The summed E-state index contributed by atoms with van der Waals surface area (Å²) >= 11 is 0. The average molecular weight is 379 g/mol. The maximum atomic E-state index is 12.5. The molecule has 0 saturated heterocycles. The van der Waals surface area contributed by atoms with Crippen molar-refractivity contribution in [1.29, 1.82) is 0 Å². The van der Waals surface area contributed by atoms with Gasteiger partial charge in [-0.15, -0.1) is 0 Å². The Morgan fingerprint density at radius 2 is 1.70 bits per heavy atom. The molecule has 0 N–H and O–H groups in total. The van der Waals surface area contributed by atoms with Crippen LogP contribution in [0.1, 0.15) is 46.6 Å². The van der Waals surface area contributed by atoms with Gasteiger partial charge in [0.1, 0.15) is 12.2 Å². The molecule has 0 radical (unpaired) electrons. The van der Waals surface area contributed by atoms with Crippen molar-refractivity contribution in [1.82, 2.24) is 4.90 Å². The van der Waals surface area contributed by atoms with Crippen molar-refractivity contribution in [2.75, 3.05) is 14.2 Å². The Hall–Kier alpha value is -2.08. The Morgan fingerprint density at radius 1 is 1.11 bits per heavy atom. The Labute approximate surface area is 162 Å². The van der Waals surface area contributed by atoms with Crippen LogP contribution < -0.4 is 0 Å². The van der Waals surface area contributed by atoms with Gasteiger partial charge in [0.15, 0.2) is 0 Å². The highest BCUT2D eigenvalue weighted by atomic mass is 16.6. The molecule has 27 heavy (non-hydrogen) atoms. The van der Waals surface area contributed by atoms with E-state index < -0.39 is 17.8 Å². The first kappa shape index (κ1) is 23.0. The Morgan fingerprint density at radius 3 is 2.19 bits per heavy atom. The second-order valence-corrected chi connectivity index (χ2v) is 7.95. The summed E-state index contributed by atoms with van der Waals surface area (Å²) in [5, 5.41) is 0. The second-order valence-electron chi connectivity index (χ2n) is 7.95. The summed E-state index contributed by atoms with van der Waals surface area (Å²) < 4.78 is 16.4. The number of rotatable bonds is 8. The third-order valence-corrected chi connectivity index (χ3v) is 4.09. The molecule has 0 saturated carbocycles. The van der Waals surface area contributed by atoms with E-state index in [0.29, 0.717) is 0 Å². The lowest BCUT2D eigenvalue weighted by molar-refractivity contribution is -0.159. The summed E-state index contributed by atoms with van der Waals surface area (Å²) in [7, 11) is 3.20. The van der Waals surface area contributed by atoms with E-state index in [1.165, 1.54) is 12.0 Å². The third-order valence-electron chi connectivity index (χ3n) is 4.09. The largest absolute Gasteiger partial charge is 0.460 e. The van der Waals surface area contributed by atoms with Crippen LogP contribution in [-0.2, 0) is 25.6 Å². The number of amides is 1. The van der Waals surface area contributed by atoms with E-state index in [1.54, 1.807) is 7.05 Å². The maximum absolute atomic E-state index is 12.5. The van der Waals surface area contributed by atoms with Gasteiger partial charge in [0.2, 0.25) is 0 Å². The van der Waals surface area contributed by atoms with Crippen LogP contribution in [0, 0.1) is 5.92 Å². The molecule has 6 nitrogen and oxygen atoms in total. The molecule has 6 heteroatoms. The van der Waals surface area contributed by atoms with Gasteiger partial charge in [0.25, 0.3) is 0 Å². The average Bonchev–Trinajstić information content (AvgIpc) is 2.57. The van der Waals surface area contributed by atoms with Gasteiger partial charge in [-0.05, 0) is 32.3 Å². The van der Waals surface area contributed by atoms with Crippen LogP contribution in [0.4, 0.5) is 4.79 Å². The first-order valence-electron chi connectivity index (χ1n) is 9.23. The summed E-state index contributed by atoms with van der Waals surface area (Å²) in [5.74, 6) is -0.294. The number of nitrogens with zero attached hydrogens (tertiary/aromatic N) is 1. The lowest BCUT2D eigenvalue weighted by Crippen LogP contribution is -2.49. The summed E-state index contributed by atoms with van der Waals surface area (Å²) in [4.78, 5) is 26.3. The van der Waals surface area contributed by atoms with E-state index in [-0.39, 0.29) is 31.0 Å². The van der Waals surface area contributed by atoms with Crippen LogP contribution in [0.15, 0.2) is 30.3 Å². The molecular formula is C21H33NO5. The predicted octanol–water partition coefficient (Wildman–Crippen LogP) is 4.03. The molecule has 1 amide bonds. The fourth-order valence-electron chi connectivity index (χ4n) is 2.96. The molecule has 0 aromatic heterocycles. The Bertz CT molecular complexity index is 594. The van der Waals surface area contributed by atoms with Crippen molar-refractivity contribution in [3.63, 3.8) is 0 Å². The zero-order valence-corrected chi connectivity index (χ0v) is 17.5.